The summed E-state index contributed by atoms with van der Waals surface area (Å²) in [6.45, 7) is -0.318. The van der Waals surface area contributed by atoms with Crippen LogP contribution < -0.4 is 9.47 Å². The number of carbonyl (C=O) groups excluding carboxylic acids is 2. The van der Waals surface area contributed by atoms with E-state index in [1.165, 1.54) is 12.1 Å². The molecule has 10 heteroatoms. The summed E-state index contributed by atoms with van der Waals surface area (Å²) < 4.78 is 49.2. The van der Waals surface area contributed by atoms with Gasteiger partial charge in [-0.25, -0.2) is 5.01 Å². The van der Waals surface area contributed by atoms with E-state index in [4.69, 9.17) is 9.47 Å². The van der Waals surface area contributed by atoms with Crippen molar-refractivity contribution in [3.63, 3.8) is 0 Å². The number of likely N-dealkylation sites (N-methyl/N-ethyl adjacent to an activating group) is 1. The molecule has 0 unspecified atom stereocenters. The molecule has 7 nitrogen and oxygen atoms in total. The third kappa shape index (κ3) is 5.80. The van der Waals surface area contributed by atoms with Gasteiger partial charge in [0, 0.05) is 24.6 Å². The molecule has 0 radical (unpaired) electrons. The summed E-state index contributed by atoms with van der Waals surface area (Å²) in [6.07, 6.45) is -4.07. The van der Waals surface area contributed by atoms with Crippen molar-refractivity contribution in [1.29, 1.82) is 0 Å². The first kappa shape index (κ1) is 26.7. The van der Waals surface area contributed by atoms with Crippen molar-refractivity contribution in [3.05, 3.63) is 95.1 Å². The minimum absolute atomic E-state index is 0.0435. The highest BCUT2D eigenvalue weighted by atomic mass is 19.4. The molecule has 0 N–H and O–H groups in total. The number of alkyl halides is 3. The second-order valence-electron chi connectivity index (χ2n) is 8.75. The molecule has 1 aliphatic rings. The third-order valence-corrected chi connectivity index (χ3v) is 6.25. The molecule has 0 spiro atoms. The van der Waals surface area contributed by atoms with Gasteiger partial charge in [-0.05, 0) is 54.1 Å². The second kappa shape index (κ2) is 11.0. The Balaban J connectivity index is 1.57. The molecule has 38 heavy (non-hydrogen) atoms. The molecule has 3 aromatic carbocycles. The molecule has 1 heterocycles. The van der Waals surface area contributed by atoms with Crippen LogP contribution in [0, 0.1) is 0 Å². The number of benzene rings is 3. The van der Waals surface area contributed by atoms with Gasteiger partial charge >= 0.3 is 6.18 Å². The van der Waals surface area contributed by atoms with E-state index < -0.39 is 29.6 Å². The largest absolute Gasteiger partial charge is 0.497 e. The fraction of sp³-hybridized carbons (Fsp3) is 0.250. The number of methoxy groups -OCH3 is 2. The van der Waals surface area contributed by atoms with Gasteiger partial charge in [-0.15, -0.1) is 0 Å². The smallest absolute Gasteiger partial charge is 0.416 e. The number of halogens is 3. The molecule has 0 saturated heterocycles. The van der Waals surface area contributed by atoms with E-state index in [1.807, 2.05) is 36.4 Å². The van der Waals surface area contributed by atoms with Gasteiger partial charge in [0.1, 0.15) is 18.0 Å². The molecule has 3 aromatic rings. The molecule has 0 saturated carbocycles. The summed E-state index contributed by atoms with van der Waals surface area (Å²) in [4.78, 5) is 27.4. The van der Waals surface area contributed by atoms with Crippen LogP contribution in [-0.4, -0.2) is 55.2 Å². The zero-order valence-electron chi connectivity index (χ0n) is 21.0. The lowest BCUT2D eigenvalue weighted by molar-refractivity contribution is -0.137. The minimum Gasteiger partial charge on any atom is -0.497 e. The van der Waals surface area contributed by atoms with Crippen molar-refractivity contribution in [2.24, 2.45) is 5.10 Å². The van der Waals surface area contributed by atoms with Crippen LogP contribution >= 0.6 is 0 Å². The predicted octanol–water partition coefficient (Wildman–Crippen LogP) is 5.17. The maximum Gasteiger partial charge on any atom is 0.416 e. The van der Waals surface area contributed by atoms with Crippen molar-refractivity contribution in [3.8, 4) is 11.5 Å². The first-order valence-electron chi connectivity index (χ1n) is 11.7. The summed E-state index contributed by atoms with van der Waals surface area (Å²) in [6, 6.07) is 18.1. The molecule has 2 amide bonds. The average molecular weight is 526 g/mol. The average Bonchev–Trinajstić information content (AvgIpc) is 3.38. The molecular formula is C28H26F3N3O4. The lowest BCUT2D eigenvalue weighted by Crippen LogP contribution is -2.39. The van der Waals surface area contributed by atoms with Crippen molar-refractivity contribution in [2.45, 2.75) is 18.6 Å². The molecule has 0 aliphatic carbocycles. The number of hydrogen-bond donors (Lipinski definition) is 0. The topological polar surface area (TPSA) is 71.4 Å². The van der Waals surface area contributed by atoms with Crippen molar-refractivity contribution < 1.29 is 32.2 Å². The summed E-state index contributed by atoms with van der Waals surface area (Å²) in [5.41, 5.74) is 1.49. The monoisotopic (exact) mass is 525 g/mol. The van der Waals surface area contributed by atoms with Gasteiger partial charge in [0.25, 0.3) is 11.8 Å². The first-order valence-corrected chi connectivity index (χ1v) is 11.7. The maximum absolute atomic E-state index is 13.4. The van der Waals surface area contributed by atoms with Crippen LogP contribution in [0.5, 0.6) is 11.5 Å². The summed E-state index contributed by atoms with van der Waals surface area (Å²) in [5, 5.41) is 5.96. The van der Waals surface area contributed by atoms with Crippen LogP contribution in [0.15, 0.2) is 77.9 Å². The Morgan fingerprint density at radius 3 is 2.24 bits per heavy atom. The molecule has 198 valence electrons. The van der Waals surface area contributed by atoms with Gasteiger partial charge in [-0.2, -0.15) is 18.3 Å². The lowest BCUT2D eigenvalue weighted by atomic mass is 9.98. The number of hydrazone groups is 1. The summed E-state index contributed by atoms with van der Waals surface area (Å²) >= 11 is 0. The van der Waals surface area contributed by atoms with E-state index in [2.05, 4.69) is 5.10 Å². The maximum atomic E-state index is 13.4. The highest BCUT2D eigenvalue weighted by Gasteiger charge is 2.34. The number of nitrogens with zero attached hydrogens (tertiary/aromatic N) is 3. The first-order chi connectivity index (χ1) is 18.1. The Bertz CT molecular complexity index is 1340. The van der Waals surface area contributed by atoms with E-state index in [-0.39, 0.29) is 12.1 Å². The molecule has 1 aliphatic heterocycles. The molecule has 0 fully saturated rings. The van der Waals surface area contributed by atoms with E-state index in [9.17, 15) is 22.8 Å². The van der Waals surface area contributed by atoms with Crippen molar-refractivity contribution >= 4 is 17.5 Å². The Hall–Kier alpha value is -4.34. The van der Waals surface area contributed by atoms with E-state index in [0.717, 1.165) is 40.3 Å². The van der Waals surface area contributed by atoms with Crippen LogP contribution in [0.4, 0.5) is 13.2 Å². The van der Waals surface area contributed by atoms with Gasteiger partial charge in [0.2, 0.25) is 0 Å². The Kier molecular flexibility index (Phi) is 7.70. The highest BCUT2D eigenvalue weighted by molar-refractivity contribution is 6.04. The van der Waals surface area contributed by atoms with Crippen LogP contribution in [0.3, 0.4) is 0 Å². The molecule has 1 atom stereocenters. The van der Waals surface area contributed by atoms with Crippen LogP contribution in [0.25, 0.3) is 0 Å². The summed E-state index contributed by atoms with van der Waals surface area (Å²) in [7, 11) is 4.55. The van der Waals surface area contributed by atoms with Crippen LogP contribution in [0.2, 0.25) is 0 Å². The number of amides is 2. The fourth-order valence-electron chi connectivity index (χ4n) is 4.17. The van der Waals surface area contributed by atoms with Crippen molar-refractivity contribution in [2.75, 3.05) is 27.8 Å². The Morgan fingerprint density at radius 1 is 0.974 bits per heavy atom. The van der Waals surface area contributed by atoms with Gasteiger partial charge in [-0.3, -0.25) is 9.59 Å². The van der Waals surface area contributed by atoms with E-state index in [1.54, 1.807) is 26.4 Å². The highest BCUT2D eigenvalue weighted by Crippen LogP contribution is 2.34. The van der Waals surface area contributed by atoms with Gasteiger partial charge in [-0.1, -0.05) is 24.3 Å². The number of ether oxygens (including phenoxy) is 2. The van der Waals surface area contributed by atoms with E-state index in [0.29, 0.717) is 23.6 Å². The SMILES string of the molecule is COc1ccc([C@@H]2CC(c3cccc(OC)c3)=NN2C(=O)CN(C)C(=O)c2ccc(C(F)(F)F)cc2)cc1. The zero-order valence-corrected chi connectivity index (χ0v) is 21.0. The standard InChI is InChI=1S/C28H26F3N3O4/c1-33(27(36)19-7-11-21(12-8-19)28(29,30)31)17-26(35)34-25(18-9-13-22(37-2)14-10-18)16-24(32-34)20-5-4-6-23(15-20)38-3/h4-15,25H,16-17H2,1-3H3/t25-/m0/s1. The van der Waals surface area contributed by atoms with Gasteiger partial charge in [0.15, 0.2) is 0 Å². The Labute approximate surface area is 218 Å². The Morgan fingerprint density at radius 2 is 1.63 bits per heavy atom. The third-order valence-electron chi connectivity index (χ3n) is 6.25. The summed E-state index contributed by atoms with van der Waals surface area (Å²) in [5.74, 6) is 0.300. The quantitative estimate of drug-likeness (QED) is 0.427. The molecule has 0 bridgehead atoms. The zero-order chi connectivity index (χ0) is 27.4. The fourth-order valence-corrected chi connectivity index (χ4v) is 4.17. The second-order valence-corrected chi connectivity index (χ2v) is 8.75. The number of carbonyl (C=O) groups is 2. The molecule has 4 rings (SSSR count). The lowest BCUT2D eigenvalue weighted by Gasteiger charge is -2.25. The normalized spacial score (nSPS) is 15.2. The van der Waals surface area contributed by atoms with Crippen molar-refractivity contribution in [1.82, 2.24) is 9.91 Å². The van der Waals surface area contributed by atoms with Crippen LogP contribution in [0.1, 0.15) is 39.5 Å². The molecular weight excluding hydrogens is 499 g/mol. The number of rotatable bonds is 7. The van der Waals surface area contributed by atoms with Gasteiger partial charge in [0.05, 0.1) is 31.5 Å². The minimum atomic E-state index is -4.51. The molecule has 0 aromatic heterocycles. The predicted molar refractivity (Wildman–Crippen MR) is 135 cm³/mol. The van der Waals surface area contributed by atoms with Gasteiger partial charge < -0.3 is 14.4 Å². The number of hydrogen-bond acceptors (Lipinski definition) is 5. The van der Waals surface area contributed by atoms with Crippen LogP contribution in [-0.2, 0) is 11.0 Å². The van der Waals surface area contributed by atoms with E-state index >= 15 is 0 Å².